The molecule has 1 fully saturated rings. The average Bonchev–Trinajstić information content (AvgIpc) is 3.18. The van der Waals surface area contributed by atoms with Crippen LogP contribution in [-0.4, -0.2) is 55.7 Å². The predicted octanol–water partition coefficient (Wildman–Crippen LogP) is 7.26. The molecule has 0 aliphatic carbocycles. The molecule has 45 heavy (non-hydrogen) atoms. The zero-order chi connectivity index (χ0) is 34.0. The summed E-state index contributed by atoms with van der Waals surface area (Å²) in [5.41, 5.74) is -0.915. The molecule has 0 radical (unpaired) electrons. The number of carbonyl (C=O) groups excluding carboxylic acids is 2. The number of nitrogens with one attached hydrogen (secondary N) is 2. The van der Waals surface area contributed by atoms with Crippen LogP contribution in [0.4, 0.5) is 15.0 Å². The monoisotopic (exact) mass is 645 g/mol. The Morgan fingerprint density at radius 3 is 2.33 bits per heavy atom. The Morgan fingerprint density at radius 1 is 1.09 bits per heavy atom. The van der Waals surface area contributed by atoms with Crippen LogP contribution >= 0.6 is 0 Å². The van der Waals surface area contributed by atoms with Crippen molar-refractivity contribution in [3.63, 3.8) is 0 Å². The molecule has 1 saturated heterocycles. The average molecular weight is 646 g/mol. The van der Waals surface area contributed by atoms with Gasteiger partial charge in [-0.05, 0) is 89.3 Å². The zero-order valence-electron chi connectivity index (χ0n) is 28.8. The highest BCUT2D eigenvalue weighted by molar-refractivity contribution is 7.90. The molecule has 3 rings (SSSR count). The van der Waals surface area contributed by atoms with Gasteiger partial charge in [0, 0.05) is 35.8 Å². The molecular weight excluding hydrogens is 593 g/mol. The molecule has 250 valence electrons. The number of pyridine rings is 2. The van der Waals surface area contributed by atoms with Crippen LogP contribution in [0.5, 0.6) is 0 Å². The van der Waals surface area contributed by atoms with Gasteiger partial charge in [-0.2, -0.15) is 14.1 Å². The molecule has 0 spiro atoms. The molecule has 1 aliphatic heterocycles. The largest absolute Gasteiger partial charge is 0.587 e. The van der Waals surface area contributed by atoms with Crippen LogP contribution in [0, 0.1) is 23.2 Å². The fourth-order valence-electron chi connectivity index (χ4n) is 5.84. The van der Waals surface area contributed by atoms with E-state index in [2.05, 4.69) is 54.6 Å². The first-order valence-corrected chi connectivity index (χ1v) is 16.8. The van der Waals surface area contributed by atoms with Crippen molar-refractivity contribution in [1.29, 1.82) is 0 Å². The van der Waals surface area contributed by atoms with Gasteiger partial charge in [-0.25, -0.2) is 9.78 Å². The fraction of sp³-hybridized carbons (Fsp3) is 0.647. The van der Waals surface area contributed by atoms with E-state index in [1.54, 1.807) is 24.3 Å². The van der Waals surface area contributed by atoms with Crippen LogP contribution in [0.2, 0.25) is 0 Å². The molecule has 2 amide bonds. The van der Waals surface area contributed by atoms with E-state index >= 15 is 0 Å². The number of nitrogens with zero attached hydrogens (tertiary/aromatic N) is 3. The summed E-state index contributed by atoms with van der Waals surface area (Å²) in [6, 6.07) is 8.01. The molecule has 1 aliphatic rings. The first kappa shape index (κ1) is 36.5. The van der Waals surface area contributed by atoms with E-state index in [4.69, 9.17) is 4.74 Å². The second kappa shape index (κ2) is 13.8. The number of ether oxygens (including phenoxy) is 1. The number of amides is 2. The third-order valence-electron chi connectivity index (χ3n) is 7.67. The number of halogens is 1. The van der Waals surface area contributed by atoms with E-state index in [1.165, 1.54) is 6.07 Å². The quantitative estimate of drug-likeness (QED) is 0.218. The summed E-state index contributed by atoms with van der Waals surface area (Å²) in [5, 5.41) is 3.55. The van der Waals surface area contributed by atoms with Crippen molar-refractivity contribution in [2.75, 3.05) is 18.4 Å². The number of hydrogen-bond acceptors (Lipinski definition) is 7. The molecule has 11 heteroatoms. The maximum absolute atomic E-state index is 14.6. The minimum absolute atomic E-state index is 0.0849. The van der Waals surface area contributed by atoms with E-state index < -0.39 is 28.8 Å². The summed E-state index contributed by atoms with van der Waals surface area (Å²) in [4.78, 5) is 35.9. The Hall–Kier alpha value is -2.92. The molecule has 3 atom stereocenters. The number of hydrogen-bond donors (Lipinski definition) is 2. The van der Waals surface area contributed by atoms with Crippen LogP contribution < -0.4 is 10.0 Å². The first-order valence-electron chi connectivity index (χ1n) is 15.7. The van der Waals surface area contributed by atoms with Gasteiger partial charge in [0.25, 0.3) is 10.9 Å². The molecule has 3 heterocycles. The van der Waals surface area contributed by atoms with E-state index in [1.807, 2.05) is 46.4 Å². The lowest BCUT2D eigenvalue weighted by Crippen LogP contribution is -2.45. The molecule has 0 bridgehead atoms. The first-order chi connectivity index (χ1) is 20.5. The van der Waals surface area contributed by atoms with Crippen molar-refractivity contribution in [2.45, 2.75) is 117 Å². The van der Waals surface area contributed by atoms with Crippen molar-refractivity contribution in [3.8, 4) is 0 Å². The van der Waals surface area contributed by atoms with Crippen LogP contribution in [0.15, 0.2) is 35.4 Å². The summed E-state index contributed by atoms with van der Waals surface area (Å²) < 4.78 is 35.7. The van der Waals surface area contributed by atoms with E-state index in [-0.39, 0.29) is 39.0 Å². The van der Waals surface area contributed by atoms with Gasteiger partial charge in [-0.3, -0.25) is 4.79 Å². The van der Waals surface area contributed by atoms with Crippen molar-refractivity contribution in [1.82, 2.24) is 19.6 Å². The molecule has 2 unspecified atom stereocenters. The summed E-state index contributed by atoms with van der Waals surface area (Å²) in [6.07, 6.45) is 2.48. The van der Waals surface area contributed by atoms with E-state index in [0.29, 0.717) is 30.5 Å². The number of rotatable bonds is 9. The van der Waals surface area contributed by atoms with Gasteiger partial charge in [0.1, 0.15) is 22.8 Å². The van der Waals surface area contributed by atoms with Gasteiger partial charge in [0.15, 0.2) is 0 Å². The van der Waals surface area contributed by atoms with Gasteiger partial charge in [0.05, 0.1) is 5.56 Å². The maximum Gasteiger partial charge on any atom is 0.410 e. The Balaban J connectivity index is 1.66. The van der Waals surface area contributed by atoms with Crippen LogP contribution in [0.3, 0.4) is 0 Å². The Bertz CT molecular complexity index is 1350. The number of aromatic nitrogens is 2. The lowest BCUT2D eigenvalue weighted by molar-refractivity contribution is 0.0130. The summed E-state index contributed by atoms with van der Waals surface area (Å²) >= 11 is -2.01. The predicted molar refractivity (Wildman–Crippen MR) is 177 cm³/mol. The maximum atomic E-state index is 14.6. The fourth-order valence-corrected chi connectivity index (χ4v) is 6.60. The molecule has 0 aromatic carbocycles. The van der Waals surface area contributed by atoms with Crippen molar-refractivity contribution in [3.05, 3.63) is 47.5 Å². The molecule has 9 nitrogen and oxygen atoms in total. The number of carbonyl (C=O) groups is 2. The van der Waals surface area contributed by atoms with Gasteiger partial charge in [-0.1, -0.05) is 47.6 Å². The summed E-state index contributed by atoms with van der Waals surface area (Å²) in [7, 11) is 0. The highest BCUT2D eigenvalue weighted by Crippen LogP contribution is 2.39. The topological polar surface area (TPSA) is 120 Å². The van der Waals surface area contributed by atoms with E-state index in [0.717, 1.165) is 19.3 Å². The zero-order valence-corrected chi connectivity index (χ0v) is 29.7. The van der Waals surface area contributed by atoms with Crippen molar-refractivity contribution >= 4 is 29.2 Å². The lowest BCUT2D eigenvalue weighted by atomic mass is 9.79. The SMILES string of the molecule is CC(C)(C)CC(CNc1cccc([S+]([O-])NC(=O)c2ccc(C(C)(C)C)nc2F)n1)C[C@@H]1CN(C(=O)OC(C)(C)C)C(C)(C)C1. The molecule has 0 saturated carbocycles. The van der Waals surface area contributed by atoms with Crippen molar-refractivity contribution < 1.29 is 23.3 Å². The van der Waals surface area contributed by atoms with Crippen LogP contribution in [0.25, 0.3) is 0 Å². The van der Waals surface area contributed by atoms with Crippen LogP contribution in [0.1, 0.15) is 111 Å². The third kappa shape index (κ3) is 10.8. The normalized spacial score (nSPS) is 18.3. The summed E-state index contributed by atoms with van der Waals surface area (Å²) in [6.45, 7) is 23.4. The minimum atomic E-state index is -2.01. The highest BCUT2D eigenvalue weighted by atomic mass is 32.2. The van der Waals surface area contributed by atoms with Gasteiger partial charge < -0.3 is 19.5 Å². The molecule has 2 aromatic heterocycles. The highest BCUT2D eigenvalue weighted by Gasteiger charge is 2.43. The Morgan fingerprint density at radius 2 is 1.76 bits per heavy atom. The second-order valence-corrected chi connectivity index (χ2v) is 17.2. The van der Waals surface area contributed by atoms with Crippen molar-refractivity contribution in [2.24, 2.45) is 17.3 Å². The second-order valence-electron chi connectivity index (χ2n) is 16.1. The molecule has 2 N–H and O–H groups in total. The minimum Gasteiger partial charge on any atom is -0.587 e. The van der Waals surface area contributed by atoms with E-state index in [9.17, 15) is 18.5 Å². The third-order valence-corrected chi connectivity index (χ3v) is 8.65. The van der Waals surface area contributed by atoms with Gasteiger partial charge >= 0.3 is 6.09 Å². The van der Waals surface area contributed by atoms with Gasteiger partial charge in [0.2, 0.25) is 5.95 Å². The van der Waals surface area contributed by atoms with Crippen LogP contribution in [-0.2, 0) is 21.5 Å². The smallest absolute Gasteiger partial charge is 0.410 e. The number of anilines is 1. The Kier molecular flexibility index (Phi) is 11.2. The Labute approximate surface area is 271 Å². The molecule has 2 aromatic rings. The summed E-state index contributed by atoms with van der Waals surface area (Å²) in [5.74, 6) is -0.615. The molecular formula is C34H52FN5O4S. The standard InChI is InChI=1S/C34H52FN5O4S/c1-31(2,3)18-22(17-23-19-34(10,11)40(21-23)30(42)44-33(7,8)9)20-36-26-13-12-14-27(38-26)45(43)39-29(41)24-15-16-25(32(4,5)6)37-28(24)35/h12-16,22-23H,17-21H2,1-11H3,(H,36,38)(H,39,41)/t22?,23-,45?/m0/s1. The lowest BCUT2D eigenvalue weighted by Gasteiger charge is -2.33. The number of likely N-dealkylation sites (tertiary alicyclic amines) is 1. The van der Waals surface area contributed by atoms with Gasteiger partial charge in [-0.15, -0.1) is 0 Å².